The summed E-state index contributed by atoms with van der Waals surface area (Å²) in [6.45, 7) is 0. The monoisotopic (exact) mass is 297 g/mol. The zero-order chi connectivity index (χ0) is 15.5. The van der Waals surface area contributed by atoms with Crippen LogP contribution in [0.1, 0.15) is 11.1 Å². The second kappa shape index (κ2) is 5.81. The Hall–Kier alpha value is -2.95. The summed E-state index contributed by atoms with van der Waals surface area (Å²) in [5, 5.41) is 0. The molecule has 0 fully saturated rings. The average molecular weight is 297 g/mol. The van der Waals surface area contributed by atoms with Crippen molar-refractivity contribution in [2.75, 3.05) is 7.11 Å². The molecule has 110 valence electrons. The van der Waals surface area contributed by atoms with Crippen LogP contribution in [0, 0.1) is 5.82 Å². The first-order chi connectivity index (χ1) is 10.7. The molecule has 0 amide bonds. The van der Waals surface area contributed by atoms with Crippen LogP contribution in [-0.4, -0.2) is 19.0 Å². The van der Waals surface area contributed by atoms with Gasteiger partial charge in [0.2, 0.25) is 5.90 Å². The lowest BCUT2D eigenvalue weighted by Gasteiger charge is -2.02. The summed E-state index contributed by atoms with van der Waals surface area (Å²) in [6, 6.07) is 12.9. The minimum absolute atomic E-state index is 0.128. The number of methoxy groups -OCH3 is 1. The minimum atomic E-state index is -0.568. The van der Waals surface area contributed by atoms with Crippen molar-refractivity contribution < 1.29 is 18.7 Å². The Morgan fingerprint density at radius 2 is 2.00 bits per heavy atom. The summed E-state index contributed by atoms with van der Waals surface area (Å²) in [5.41, 5.74) is 1.31. The number of benzene rings is 2. The number of hydrogen-bond donors (Lipinski definition) is 0. The highest BCUT2D eigenvalue weighted by molar-refractivity contribution is 6.12. The van der Waals surface area contributed by atoms with E-state index in [-0.39, 0.29) is 17.4 Å². The smallest absolute Gasteiger partial charge is 0.363 e. The summed E-state index contributed by atoms with van der Waals surface area (Å²) in [7, 11) is 1.55. The Kier molecular flexibility index (Phi) is 3.70. The number of ether oxygens (including phenoxy) is 2. The van der Waals surface area contributed by atoms with Crippen molar-refractivity contribution in [2.45, 2.75) is 0 Å². The SMILES string of the molecule is COc1cccc(C2=NC(=Cc3cccc(F)c3)C(=O)O2)c1. The highest BCUT2D eigenvalue weighted by Crippen LogP contribution is 2.21. The lowest BCUT2D eigenvalue weighted by Crippen LogP contribution is -2.05. The van der Waals surface area contributed by atoms with Crippen LogP contribution in [0.15, 0.2) is 59.2 Å². The van der Waals surface area contributed by atoms with Crippen LogP contribution in [0.3, 0.4) is 0 Å². The molecule has 4 nitrogen and oxygen atoms in total. The third-order valence-corrected chi connectivity index (χ3v) is 3.09. The van der Waals surface area contributed by atoms with Crippen LogP contribution >= 0.6 is 0 Å². The molecule has 22 heavy (non-hydrogen) atoms. The summed E-state index contributed by atoms with van der Waals surface area (Å²) >= 11 is 0. The van der Waals surface area contributed by atoms with Crippen molar-refractivity contribution in [3.05, 3.63) is 71.2 Å². The molecule has 0 atom stereocenters. The molecule has 0 radical (unpaired) electrons. The molecule has 1 heterocycles. The third kappa shape index (κ3) is 2.88. The first kappa shape index (κ1) is 14.0. The zero-order valence-electron chi connectivity index (χ0n) is 11.7. The lowest BCUT2D eigenvalue weighted by molar-refractivity contribution is -0.129. The molecule has 0 saturated heterocycles. The van der Waals surface area contributed by atoms with Crippen molar-refractivity contribution in [1.82, 2.24) is 0 Å². The van der Waals surface area contributed by atoms with Gasteiger partial charge in [0.15, 0.2) is 5.70 Å². The van der Waals surface area contributed by atoms with E-state index in [4.69, 9.17) is 9.47 Å². The van der Waals surface area contributed by atoms with E-state index in [9.17, 15) is 9.18 Å². The molecule has 5 heteroatoms. The van der Waals surface area contributed by atoms with Gasteiger partial charge in [0.1, 0.15) is 11.6 Å². The van der Waals surface area contributed by atoms with Crippen LogP contribution in [0.2, 0.25) is 0 Å². The summed E-state index contributed by atoms with van der Waals surface area (Å²) < 4.78 is 23.4. The second-order valence-electron chi connectivity index (χ2n) is 4.62. The van der Waals surface area contributed by atoms with Crippen LogP contribution < -0.4 is 4.74 Å². The maximum absolute atomic E-state index is 13.2. The molecule has 0 aromatic heterocycles. The Balaban J connectivity index is 1.94. The van der Waals surface area contributed by atoms with Crippen molar-refractivity contribution >= 4 is 17.9 Å². The van der Waals surface area contributed by atoms with Gasteiger partial charge in [0.05, 0.1) is 7.11 Å². The first-order valence-corrected chi connectivity index (χ1v) is 6.58. The number of cyclic esters (lactones) is 1. The normalized spacial score (nSPS) is 15.6. The van der Waals surface area contributed by atoms with E-state index in [2.05, 4.69) is 4.99 Å². The molecule has 1 aliphatic rings. The number of halogens is 1. The highest BCUT2D eigenvalue weighted by atomic mass is 19.1. The molecule has 2 aromatic rings. The van der Waals surface area contributed by atoms with E-state index in [0.29, 0.717) is 16.9 Å². The molecule has 0 aliphatic carbocycles. The van der Waals surface area contributed by atoms with Crippen LogP contribution in [0.5, 0.6) is 5.75 Å². The Labute approximate surface area is 126 Å². The molecular formula is C17H12FNO3. The largest absolute Gasteiger partial charge is 0.497 e. The van der Waals surface area contributed by atoms with E-state index in [0.717, 1.165) is 0 Å². The second-order valence-corrected chi connectivity index (χ2v) is 4.62. The van der Waals surface area contributed by atoms with Gasteiger partial charge in [0.25, 0.3) is 0 Å². The summed E-state index contributed by atoms with van der Waals surface area (Å²) in [4.78, 5) is 16.0. The third-order valence-electron chi connectivity index (χ3n) is 3.09. The first-order valence-electron chi connectivity index (χ1n) is 6.58. The summed E-state index contributed by atoms with van der Waals surface area (Å²) in [6.07, 6.45) is 1.48. The van der Waals surface area contributed by atoms with Gasteiger partial charge in [0, 0.05) is 5.56 Å². The average Bonchev–Trinajstić information content (AvgIpc) is 2.88. The number of aliphatic imine (C=N–C) groups is 1. The molecular weight excluding hydrogens is 285 g/mol. The quantitative estimate of drug-likeness (QED) is 0.646. The van der Waals surface area contributed by atoms with E-state index >= 15 is 0 Å². The van der Waals surface area contributed by atoms with Crippen molar-refractivity contribution in [3.63, 3.8) is 0 Å². The fourth-order valence-corrected chi connectivity index (χ4v) is 2.04. The lowest BCUT2D eigenvalue weighted by atomic mass is 10.2. The molecule has 0 saturated carbocycles. The number of hydrogen-bond acceptors (Lipinski definition) is 4. The van der Waals surface area contributed by atoms with Gasteiger partial charge in [-0.25, -0.2) is 14.2 Å². The summed E-state index contributed by atoms with van der Waals surface area (Å²) in [5.74, 6) is -0.106. The van der Waals surface area contributed by atoms with Gasteiger partial charge in [-0.1, -0.05) is 18.2 Å². The Bertz CT molecular complexity index is 796. The number of nitrogens with zero attached hydrogens (tertiary/aromatic N) is 1. The van der Waals surface area contributed by atoms with Crippen LogP contribution in [-0.2, 0) is 9.53 Å². The van der Waals surface area contributed by atoms with Crippen molar-refractivity contribution in [3.8, 4) is 5.75 Å². The predicted octanol–water partition coefficient (Wildman–Crippen LogP) is 3.18. The van der Waals surface area contributed by atoms with E-state index in [1.807, 2.05) is 0 Å². The topological polar surface area (TPSA) is 47.9 Å². The zero-order valence-corrected chi connectivity index (χ0v) is 11.7. The molecule has 1 aliphatic heterocycles. The molecule has 2 aromatic carbocycles. The van der Waals surface area contributed by atoms with Gasteiger partial charge < -0.3 is 9.47 Å². The molecule has 0 unspecified atom stereocenters. The predicted molar refractivity (Wildman–Crippen MR) is 80.0 cm³/mol. The van der Waals surface area contributed by atoms with Gasteiger partial charge in [-0.05, 0) is 42.0 Å². The molecule has 0 spiro atoms. The standard InChI is InChI=1S/C17H12FNO3/c1-21-14-7-3-5-12(10-14)16-19-15(17(20)22-16)9-11-4-2-6-13(18)8-11/h2-10H,1H3. The molecule has 0 bridgehead atoms. The van der Waals surface area contributed by atoms with Gasteiger partial charge in [-0.2, -0.15) is 0 Å². The molecule has 0 N–H and O–H groups in total. The van der Waals surface area contributed by atoms with Gasteiger partial charge in [-0.15, -0.1) is 0 Å². The minimum Gasteiger partial charge on any atom is -0.497 e. The van der Waals surface area contributed by atoms with Crippen molar-refractivity contribution in [1.29, 1.82) is 0 Å². The maximum atomic E-state index is 13.2. The van der Waals surface area contributed by atoms with Crippen LogP contribution in [0.25, 0.3) is 6.08 Å². The fraction of sp³-hybridized carbons (Fsp3) is 0.0588. The number of rotatable bonds is 3. The van der Waals surface area contributed by atoms with Crippen LogP contribution in [0.4, 0.5) is 4.39 Å². The Morgan fingerprint density at radius 1 is 1.18 bits per heavy atom. The van der Waals surface area contributed by atoms with Gasteiger partial charge in [-0.3, -0.25) is 0 Å². The number of carbonyl (C=O) groups is 1. The fourth-order valence-electron chi connectivity index (χ4n) is 2.04. The van der Waals surface area contributed by atoms with E-state index < -0.39 is 5.97 Å². The Morgan fingerprint density at radius 3 is 2.77 bits per heavy atom. The number of esters is 1. The van der Waals surface area contributed by atoms with Gasteiger partial charge >= 0.3 is 5.97 Å². The highest BCUT2D eigenvalue weighted by Gasteiger charge is 2.24. The van der Waals surface area contributed by atoms with Crippen molar-refractivity contribution in [2.24, 2.45) is 4.99 Å². The number of carbonyl (C=O) groups excluding carboxylic acids is 1. The maximum Gasteiger partial charge on any atom is 0.363 e. The van der Waals surface area contributed by atoms with E-state index in [1.54, 1.807) is 43.5 Å². The van der Waals surface area contributed by atoms with E-state index in [1.165, 1.54) is 18.2 Å². The molecule has 3 rings (SSSR count).